The highest BCUT2D eigenvalue weighted by Crippen LogP contribution is 2.29. The summed E-state index contributed by atoms with van der Waals surface area (Å²) in [6, 6.07) is 3.48. The van der Waals surface area contributed by atoms with E-state index in [1.807, 2.05) is 0 Å². The molecule has 0 unspecified atom stereocenters. The number of aromatic nitrogens is 1. The van der Waals surface area contributed by atoms with Crippen LogP contribution >= 0.6 is 11.6 Å². The maximum atomic E-state index is 12.3. The fourth-order valence-electron chi connectivity index (χ4n) is 1.03. The molecule has 76 valence electrons. The van der Waals surface area contributed by atoms with E-state index in [-0.39, 0.29) is 22.6 Å². The quantitative estimate of drug-likeness (QED) is 0.780. The summed E-state index contributed by atoms with van der Waals surface area (Å²) in [5.41, 5.74) is -0.479. The first-order valence-electron chi connectivity index (χ1n) is 3.84. The van der Waals surface area contributed by atoms with Crippen LogP contribution in [0.15, 0.2) is 6.20 Å². The lowest BCUT2D eigenvalue weighted by Crippen LogP contribution is -1.99. The van der Waals surface area contributed by atoms with Crippen molar-refractivity contribution in [3.8, 4) is 12.1 Å². The van der Waals surface area contributed by atoms with E-state index >= 15 is 0 Å². The molecule has 0 bridgehead atoms. The van der Waals surface area contributed by atoms with Crippen LogP contribution in [-0.4, -0.2) is 4.98 Å². The van der Waals surface area contributed by atoms with Gasteiger partial charge in [-0.15, -0.1) is 0 Å². The second-order valence-corrected chi connectivity index (χ2v) is 2.98. The van der Waals surface area contributed by atoms with Crippen LogP contribution in [0.1, 0.15) is 23.2 Å². The molecule has 0 aliphatic carbocycles. The number of rotatable bonds is 2. The summed E-state index contributed by atoms with van der Waals surface area (Å²) in [5, 5.41) is 16.8. The van der Waals surface area contributed by atoms with Crippen molar-refractivity contribution in [1.29, 1.82) is 10.5 Å². The third kappa shape index (κ3) is 2.20. The van der Waals surface area contributed by atoms with E-state index in [4.69, 9.17) is 22.1 Å². The van der Waals surface area contributed by atoms with Crippen LogP contribution in [-0.2, 0) is 6.42 Å². The number of nitrogens with zero attached hydrogens (tertiary/aromatic N) is 3. The first-order valence-corrected chi connectivity index (χ1v) is 4.22. The Hall–Kier alpha value is -1.72. The van der Waals surface area contributed by atoms with Gasteiger partial charge in [0.1, 0.15) is 11.8 Å². The van der Waals surface area contributed by atoms with Crippen molar-refractivity contribution in [2.75, 3.05) is 0 Å². The monoisotopic (exact) mass is 227 g/mol. The number of nitriles is 2. The highest BCUT2D eigenvalue weighted by Gasteiger charge is 2.19. The molecule has 0 spiro atoms. The topological polar surface area (TPSA) is 60.5 Å². The third-order valence-electron chi connectivity index (χ3n) is 1.71. The molecule has 1 aromatic heterocycles. The SMILES string of the molecule is N#CCc1cnc(C(F)F)c(Cl)c1C#N. The molecule has 0 saturated heterocycles. The van der Waals surface area contributed by atoms with Crippen LogP contribution in [0.4, 0.5) is 8.78 Å². The summed E-state index contributed by atoms with van der Waals surface area (Å²) in [7, 11) is 0. The Bertz CT molecular complexity index is 460. The number of pyridine rings is 1. The van der Waals surface area contributed by atoms with Gasteiger partial charge in [0.25, 0.3) is 6.43 Å². The molecule has 1 aromatic rings. The molecule has 0 aliphatic rings. The molecule has 0 amide bonds. The van der Waals surface area contributed by atoms with Crippen LogP contribution in [0.2, 0.25) is 5.02 Å². The van der Waals surface area contributed by atoms with Gasteiger partial charge in [-0.3, -0.25) is 4.98 Å². The number of alkyl halides is 2. The standard InChI is InChI=1S/C9H4ClF2N3/c10-7-6(3-14)5(1-2-13)4-15-8(7)9(11)12/h4,9H,1H2. The predicted molar refractivity (Wildman–Crippen MR) is 48.2 cm³/mol. The molecule has 0 radical (unpaired) electrons. The zero-order valence-electron chi connectivity index (χ0n) is 7.34. The zero-order chi connectivity index (χ0) is 11.4. The maximum absolute atomic E-state index is 12.3. The normalized spacial score (nSPS) is 9.73. The minimum absolute atomic E-state index is 0.0842. The van der Waals surface area contributed by atoms with Crippen molar-refractivity contribution in [2.45, 2.75) is 12.8 Å². The summed E-state index contributed by atoms with van der Waals surface area (Å²) in [6.45, 7) is 0. The molecular weight excluding hydrogens is 224 g/mol. The Labute approximate surface area is 89.5 Å². The Balaban J connectivity index is 3.35. The zero-order valence-corrected chi connectivity index (χ0v) is 8.09. The lowest BCUT2D eigenvalue weighted by Gasteiger charge is -2.06. The van der Waals surface area contributed by atoms with Crippen molar-refractivity contribution < 1.29 is 8.78 Å². The van der Waals surface area contributed by atoms with E-state index in [9.17, 15) is 8.78 Å². The maximum Gasteiger partial charge on any atom is 0.281 e. The minimum Gasteiger partial charge on any atom is -0.253 e. The fraction of sp³-hybridized carbons (Fsp3) is 0.222. The van der Waals surface area contributed by atoms with Crippen molar-refractivity contribution in [2.24, 2.45) is 0 Å². The van der Waals surface area contributed by atoms with Gasteiger partial charge in [0.2, 0.25) is 0 Å². The highest BCUT2D eigenvalue weighted by molar-refractivity contribution is 6.32. The van der Waals surface area contributed by atoms with E-state index in [2.05, 4.69) is 4.98 Å². The highest BCUT2D eigenvalue weighted by atomic mass is 35.5. The van der Waals surface area contributed by atoms with Gasteiger partial charge in [0.15, 0.2) is 0 Å². The molecule has 0 N–H and O–H groups in total. The van der Waals surface area contributed by atoms with E-state index in [0.717, 1.165) is 6.20 Å². The molecular formula is C9H4ClF2N3. The molecule has 15 heavy (non-hydrogen) atoms. The van der Waals surface area contributed by atoms with Gasteiger partial charge in [0.05, 0.1) is 23.1 Å². The summed E-state index contributed by atoms with van der Waals surface area (Å²) in [4.78, 5) is 3.42. The van der Waals surface area contributed by atoms with E-state index < -0.39 is 12.1 Å². The van der Waals surface area contributed by atoms with Crippen molar-refractivity contribution >= 4 is 11.6 Å². The average Bonchev–Trinajstić information content (AvgIpc) is 2.18. The molecule has 0 aliphatic heterocycles. The third-order valence-corrected chi connectivity index (χ3v) is 2.10. The molecule has 1 rings (SSSR count). The van der Waals surface area contributed by atoms with Gasteiger partial charge in [-0.1, -0.05) is 11.6 Å². The lowest BCUT2D eigenvalue weighted by molar-refractivity contribution is 0.146. The van der Waals surface area contributed by atoms with Crippen molar-refractivity contribution in [3.63, 3.8) is 0 Å². The van der Waals surface area contributed by atoms with Gasteiger partial charge in [-0.05, 0) is 0 Å². The van der Waals surface area contributed by atoms with Gasteiger partial charge in [-0.25, -0.2) is 8.78 Å². The minimum atomic E-state index is -2.83. The Morgan fingerprint density at radius 2 is 2.13 bits per heavy atom. The lowest BCUT2D eigenvalue weighted by atomic mass is 10.1. The first kappa shape index (κ1) is 11.4. The molecule has 0 aromatic carbocycles. The Kier molecular flexibility index (Phi) is 3.54. The number of hydrogen-bond acceptors (Lipinski definition) is 3. The van der Waals surface area contributed by atoms with Crippen LogP contribution in [0.5, 0.6) is 0 Å². The molecule has 1 heterocycles. The van der Waals surface area contributed by atoms with Crippen molar-refractivity contribution in [3.05, 3.63) is 28.0 Å². The Morgan fingerprint density at radius 3 is 2.60 bits per heavy atom. The largest absolute Gasteiger partial charge is 0.281 e. The van der Waals surface area contributed by atoms with Crippen LogP contribution in [0, 0.1) is 22.7 Å². The number of halogens is 3. The summed E-state index contributed by atoms with van der Waals surface area (Å²) in [5.74, 6) is 0. The first-order chi connectivity index (χ1) is 7.11. The van der Waals surface area contributed by atoms with Crippen LogP contribution < -0.4 is 0 Å². The molecule has 6 heteroatoms. The average molecular weight is 228 g/mol. The van der Waals surface area contributed by atoms with Crippen molar-refractivity contribution in [1.82, 2.24) is 4.98 Å². The predicted octanol–water partition coefficient (Wildman–Crippen LogP) is 2.61. The van der Waals surface area contributed by atoms with Crippen LogP contribution in [0.3, 0.4) is 0 Å². The second-order valence-electron chi connectivity index (χ2n) is 2.61. The van der Waals surface area contributed by atoms with E-state index in [1.165, 1.54) is 0 Å². The van der Waals surface area contributed by atoms with E-state index in [0.29, 0.717) is 0 Å². The second kappa shape index (κ2) is 4.68. The van der Waals surface area contributed by atoms with Gasteiger partial charge >= 0.3 is 0 Å². The van der Waals surface area contributed by atoms with E-state index in [1.54, 1.807) is 12.1 Å². The molecule has 0 saturated carbocycles. The van der Waals surface area contributed by atoms with Gasteiger partial charge in [0, 0.05) is 11.8 Å². The Morgan fingerprint density at radius 1 is 1.47 bits per heavy atom. The molecule has 0 atom stereocenters. The number of hydrogen-bond donors (Lipinski definition) is 0. The summed E-state index contributed by atoms with van der Waals surface area (Å²) >= 11 is 5.57. The summed E-state index contributed by atoms with van der Waals surface area (Å²) < 4.78 is 24.7. The van der Waals surface area contributed by atoms with Gasteiger partial charge in [-0.2, -0.15) is 10.5 Å². The van der Waals surface area contributed by atoms with Gasteiger partial charge < -0.3 is 0 Å². The smallest absolute Gasteiger partial charge is 0.253 e. The fourth-order valence-corrected chi connectivity index (χ4v) is 1.32. The summed E-state index contributed by atoms with van der Waals surface area (Å²) in [6.07, 6.45) is -1.84. The van der Waals surface area contributed by atoms with Crippen LogP contribution in [0.25, 0.3) is 0 Å². The molecule has 0 fully saturated rings. The molecule has 3 nitrogen and oxygen atoms in total.